The van der Waals surface area contributed by atoms with Crippen LogP contribution in [0.3, 0.4) is 0 Å². The molecule has 0 aliphatic carbocycles. The molecule has 7 nitrogen and oxygen atoms in total. The molecule has 1 aliphatic rings. The molecular formula is C36H34N2O5. The Hall–Kier alpha value is -4.75. The van der Waals surface area contributed by atoms with Gasteiger partial charge in [-0.15, -0.1) is 0 Å². The van der Waals surface area contributed by atoms with E-state index in [4.69, 9.17) is 9.15 Å². The zero-order chi connectivity index (χ0) is 29.8. The molecule has 1 fully saturated rings. The predicted molar refractivity (Wildman–Crippen MR) is 167 cm³/mol. The van der Waals surface area contributed by atoms with Gasteiger partial charge in [0, 0.05) is 25.3 Å². The van der Waals surface area contributed by atoms with Gasteiger partial charge in [-0.25, -0.2) is 0 Å². The molecule has 4 aromatic carbocycles. The molecule has 0 saturated carbocycles. The summed E-state index contributed by atoms with van der Waals surface area (Å²) >= 11 is 0. The fourth-order valence-corrected chi connectivity index (χ4v) is 5.66. The minimum Gasteiger partial charge on any atom is -0.464 e. The van der Waals surface area contributed by atoms with Crippen molar-refractivity contribution < 1.29 is 18.7 Å². The van der Waals surface area contributed by atoms with Crippen molar-refractivity contribution >= 4 is 33.6 Å². The molecule has 2 amide bonds. The second-order valence-corrected chi connectivity index (χ2v) is 11.2. The van der Waals surface area contributed by atoms with E-state index in [9.17, 15) is 14.4 Å². The molecule has 2 heterocycles. The zero-order valence-electron chi connectivity index (χ0n) is 24.2. The lowest BCUT2D eigenvalue weighted by Crippen LogP contribution is -2.45. The number of carbonyl (C=O) groups is 2. The van der Waals surface area contributed by atoms with E-state index in [-0.39, 0.29) is 43.0 Å². The quantitative estimate of drug-likeness (QED) is 0.212. The topological polar surface area (TPSA) is 80.1 Å². The number of ether oxygens (including phenoxy) is 1. The van der Waals surface area contributed by atoms with Crippen LogP contribution in [0, 0.1) is 6.92 Å². The Bertz CT molecular complexity index is 1820. The summed E-state index contributed by atoms with van der Waals surface area (Å²) in [6, 6.07) is 28.6. The van der Waals surface area contributed by atoms with Crippen LogP contribution >= 0.6 is 0 Å². The third kappa shape index (κ3) is 6.52. The highest BCUT2D eigenvalue weighted by molar-refractivity contribution is 6.00. The van der Waals surface area contributed by atoms with Gasteiger partial charge in [0.05, 0.1) is 29.9 Å². The van der Waals surface area contributed by atoms with Gasteiger partial charge in [-0.1, -0.05) is 72.3 Å². The Morgan fingerprint density at radius 1 is 0.860 bits per heavy atom. The number of rotatable bonds is 9. The van der Waals surface area contributed by atoms with Crippen LogP contribution in [-0.2, 0) is 22.6 Å². The first-order valence-corrected chi connectivity index (χ1v) is 14.7. The van der Waals surface area contributed by atoms with Gasteiger partial charge in [0.2, 0.25) is 5.91 Å². The van der Waals surface area contributed by atoms with E-state index < -0.39 is 0 Å². The van der Waals surface area contributed by atoms with Crippen LogP contribution in [0.1, 0.15) is 39.9 Å². The molecule has 0 N–H and O–H groups in total. The van der Waals surface area contributed by atoms with Crippen LogP contribution in [0.15, 0.2) is 106 Å². The third-order valence-corrected chi connectivity index (χ3v) is 7.99. The number of aryl methyl sites for hydroxylation is 1. The highest BCUT2D eigenvalue weighted by Gasteiger charge is 2.28. The zero-order valence-corrected chi connectivity index (χ0v) is 24.2. The summed E-state index contributed by atoms with van der Waals surface area (Å²) in [6.45, 7) is 3.07. The van der Waals surface area contributed by atoms with Gasteiger partial charge < -0.3 is 19.0 Å². The van der Waals surface area contributed by atoms with Crippen LogP contribution < -0.4 is 5.43 Å². The lowest BCUT2D eigenvalue weighted by Gasteiger charge is -2.29. The normalized spacial score (nSPS) is 14.7. The lowest BCUT2D eigenvalue weighted by atomic mass is 10.1. The minimum atomic E-state index is -0.264. The van der Waals surface area contributed by atoms with Crippen LogP contribution in [0.5, 0.6) is 0 Å². The average Bonchev–Trinajstić information content (AvgIpc) is 3.55. The van der Waals surface area contributed by atoms with Crippen molar-refractivity contribution in [3.8, 4) is 0 Å². The smallest absolute Gasteiger partial charge is 0.254 e. The summed E-state index contributed by atoms with van der Waals surface area (Å²) in [5.41, 5.74) is 3.11. The van der Waals surface area contributed by atoms with Gasteiger partial charge in [-0.3, -0.25) is 14.4 Å². The van der Waals surface area contributed by atoms with Crippen LogP contribution in [0.4, 0.5) is 0 Å². The van der Waals surface area contributed by atoms with Gasteiger partial charge in [0.25, 0.3) is 5.91 Å². The SMILES string of the molecule is Cc1ccc2occ(CN(Cc3ccccc3)C(=O)CN(C[C@@H]3CCCO3)C(=O)c3ccc4ccccc4c3)c(=O)c2c1. The monoisotopic (exact) mass is 574 g/mol. The van der Waals surface area contributed by atoms with Crippen LogP contribution in [0.25, 0.3) is 21.7 Å². The maximum absolute atomic E-state index is 14.1. The molecule has 1 atom stereocenters. The molecule has 0 spiro atoms. The maximum atomic E-state index is 14.1. The molecule has 1 aromatic heterocycles. The average molecular weight is 575 g/mol. The highest BCUT2D eigenvalue weighted by Crippen LogP contribution is 2.21. The maximum Gasteiger partial charge on any atom is 0.254 e. The van der Waals surface area contributed by atoms with E-state index in [0.29, 0.717) is 35.2 Å². The molecule has 0 radical (unpaired) electrons. The summed E-state index contributed by atoms with van der Waals surface area (Å²) in [5.74, 6) is -0.491. The standard InChI is InChI=1S/C36H34N2O5/c1-25-13-16-33-32(18-25)35(40)30(24-43-33)21-37(20-26-8-3-2-4-9-26)34(39)23-38(22-31-12-7-17-42-31)36(41)29-15-14-27-10-5-6-11-28(27)19-29/h2-6,8-11,13-16,18-19,24,31H,7,12,17,20-23H2,1H3/t31-/m0/s1. The van der Waals surface area contributed by atoms with Crippen molar-refractivity contribution in [1.82, 2.24) is 9.80 Å². The summed E-state index contributed by atoms with van der Waals surface area (Å²) in [5, 5.41) is 2.48. The lowest BCUT2D eigenvalue weighted by molar-refractivity contribution is -0.133. The van der Waals surface area contributed by atoms with Crippen molar-refractivity contribution in [3.63, 3.8) is 0 Å². The molecule has 7 heteroatoms. The number of hydrogen-bond donors (Lipinski definition) is 0. The fourth-order valence-electron chi connectivity index (χ4n) is 5.66. The highest BCUT2D eigenvalue weighted by atomic mass is 16.5. The summed E-state index contributed by atoms with van der Waals surface area (Å²) in [7, 11) is 0. The van der Waals surface area contributed by atoms with Crippen molar-refractivity contribution in [3.05, 3.63) is 130 Å². The number of benzene rings is 4. The minimum absolute atomic E-state index is 0.0534. The van der Waals surface area contributed by atoms with Gasteiger partial charge in [-0.2, -0.15) is 0 Å². The van der Waals surface area contributed by atoms with Gasteiger partial charge in [-0.05, 0) is 60.4 Å². The first-order chi connectivity index (χ1) is 20.9. The van der Waals surface area contributed by atoms with Gasteiger partial charge in [0.15, 0.2) is 5.43 Å². The largest absolute Gasteiger partial charge is 0.464 e. The molecule has 6 rings (SSSR count). The number of carbonyl (C=O) groups excluding carboxylic acids is 2. The summed E-state index contributed by atoms with van der Waals surface area (Å²) < 4.78 is 11.7. The molecular weight excluding hydrogens is 540 g/mol. The fraction of sp³-hybridized carbons (Fsp3) is 0.250. The second-order valence-electron chi connectivity index (χ2n) is 11.2. The van der Waals surface area contributed by atoms with Gasteiger partial charge >= 0.3 is 0 Å². The van der Waals surface area contributed by atoms with Crippen molar-refractivity contribution in [2.24, 2.45) is 0 Å². The number of amides is 2. The Labute approximate surface area is 250 Å². The molecule has 1 aliphatic heterocycles. The Morgan fingerprint density at radius 2 is 1.65 bits per heavy atom. The van der Waals surface area contributed by atoms with E-state index in [1.807, 2.05) is 85.8 Å². The first kappa shape index (κ1) is 28.4. The van der Waals surface area contributed by atoms with E-state index >= 15 is 0 Å². The van der Waals surface area contributed by atoms with E-state index in [0.717, 1.165) is 34.7 Å². The Balaban J connectivity index is 1.30. The molecule has 43 heavy (non-hydrogen) atoms. The molecule has 1 saturated heterocycles. The molecule has 218 valence electrons. The number of hydrogen-bond acceptors (Lipinski definition) is 5. The van der Waals surface area contributed by atoms with Crippen molar-refractivity contribution in [1.29, 1.82) is 0 Å². The third-order valence-electron chi connectivity index (χ3n) is 7.99. The molecule has 5 aromatic rings. The van der Waals surface area contributed by atoms with E-state index in [1.165, 1.54) is 6.26 Å². The molecule has 0 bridgehead atoms. The van der Waals surface area contributed by atoms with Crippen molar-refractivity contribution in [2.45, 2.75) is 39.0 Å². The van der Waals surface area contributed by atoms with Crippen LogP contribution in [0.2, 0.25) is 0 Å². The second kappa shape index (κ2) is 12.6. The summed E-state index contributed by atoms with van der Waals surface area (Å²) in [6.07, 6.45) is 3.07. The Morgan fingerprint density at radius 3 is 2.44 bits per heavy atom. The predicted octanol–water partition coefficient (Wildman–Crippen LogP) is 6.10. The van der Waals surface area contributed by atoms with E-state index in [2.05, 4.69) is 0 Å². The van der Waals surface area contributed by atoms with Gasteiger partial charge in [0.1, 0.15) is 12.1 Å². The van der Waals surface area contributed by atoms with Crippen molar-refractivity contribution in [2.75, 3.05) is 19.7 Å². The number of nitrogens with zero attached hydrogens (tertiary/aromatic N) is 2. The number of fused-ring (bicyclic) bond motifs is 2. The van der Waals surface area contributed by atoms with E-state index in [1.54, 1.807) is 21.9 Å². The Kier molecular flexibility index (Phi) is 8.34. The van der Waals surface area contributed by atoms with Crippen LogP contribution in [-0.4, -0.2) is 47.4 Å². The summed E-state index contributed by atoms with van der Waals surface area (Å²) in [4.78, 5) is 44.7. The molecule has 0 unspecified atom stereocenters. The first-order valence-electron chi connectivity index (χ1n) is 14.7.